The van der Waals surface area contributed by atoms with E-state index in [1.807, 2.05) is 42.3 Å². The van der Waals surface area contributed by atoms with Crippen LogP contribution in [-0.2, 0) is 4.79 Å². The van der Waals surface area contributed by atoms with Gasteiger partial charge in [-0.2, -0.15) is 13.2 Å². The van der Waals surface area contributed by atoms with Crippen molar-refractivity contribution in [3.05, 3.63) is 76.5 Å². The van der Waals surface area contributed by atoms with Crippen molar-refractivity contribution in [1.82, 2.24) is 10.3 Å². The standard InChI is InChI=1S/C25H22F3N5O3/c1-31-20-7-4-5-17(18-6-2-3-11-29-18)23(20)22-13-15(30-24(34)25(26,27)28)10-12-32(22)19-9-8-16(33(35)36)14-21(19)31/h2-9,11,14-15,22H,10,12-13H2,1H3,(H,30,34)/t15-,22-/m1/s1. The van der Waals surface area contributed by atoms with Gasteiger partial charge < -0.3 is 15.1 Å². The summed E-state index contributed by atoms with van der Waals surface area (Å²) >= 11 is 0. The summed E-state index contributed by atoms with van der Waals surface area (Å²) in [6, 6.07) is 14.7. The number of aromatic nitrogens is 1. The molecule has 3 heterocycles. The SMILES string of the molecule is CN1c2cc([N+](=O)[O-])ccc2N2CC[C@@H](NC(=O)C(F)(F)F)C[C@@H]2c2c(-c3ccccn3)cccc21. The van der Waals surface area contributed by atoms with Gasteiger partial charge >= 0.3 is 12.1 Å². The number of non-ortho nitro benzene ring substituents is 1. The number of pyridine rings is 1. The number of hydrogen-bond donors (Lipinski definition) is 1. The number of anilines is 3. The van der Waals surface area contributed by atoms with E-state index >= 15 is 0 Å². The first-order chi connectivity index (χ1) is 17.1. The lowest BCUT2D eigenvalue weighted by molar-refractivity contribution is -0.384. The largest absolute Gasteiger partial charge is 0.471 e. The molecule has 8 nitrogen and oxygen atoms in total. The average molecular weight is 497 g/mol. The molecule has 1 N–H and O–H groups in total. The molecule has 0 unspecified atom stereocenters. The van der Waals surface area contributed by atoms with Crippen molar-refractivity contribution in [3.8, 4) is 11.3 Å². The minimum Gasteiger partial charge on any atom is -0.363 e. The zero-order valence-electron chi connectivity index (χ0n) is 19.2. The van der Waals surface area contributed by atoms with Crippen LogP contribution >= 0.6 is 0 Å². The number of carbonyl (C=O) groups excluding carboxylic acids is 1. The van der Waals surface area contributed by atoms with Crippen molar-refractivity contribution >= 4 is 28.7 Å². The van der Waals surface area contributed by atoms with Crippen molar-refractivity contribution in [1.29, 1.82) is 0 Å². The number of fused-ring (bicyclic) bond motifs is 5. The molecular formula is C25H22F3N5O3. The molecule has 2 aromatic carbocycles. The normalized spacial score (nSPS) is 19.0. The third-order valence-corrected chi connectivity index (χ3v) is 6.75. The molecule has 0 bridgehead atoms. The Hall–Kier alpha value is -4.15. The highest BCUT2D eigenvalue weighted by Crippen LogP contribution is 2.51. The Bertz CT molecular complexity index is 1330. The summed E-state index contributed by atoms with van der Waals surface area (Å²) < 4.78 is 39.0. The minimum absolute atomic E-state index is 0.0613. The van der Waals surface area contributed by atoms with E-state index in [9.17, 15) is 28.1 Å². The van der Waals surface area contributed by atoms with Crippen LogP contribution in [0.4, 0.5) is 35.9 Å². The molecule has 2 aliphatic rings. The van der Waals surface area contributed by atoms with Crippen LogP contribution in [0.1, 0.15) is 24.4 Å². The van der Waals surface area contributed by atoms with E-state index in [1.54, 1.807) is 18.3 Å². The number of nitro groups is 1. The fourth-order valence-electron chi connectivity index (χ4n) is 5.13. The molecule has 1 saturated heterocycles. The van der Waals surface area contributed by atoms with Crippen molar-refractivity contribution in [2.75, 3.05) is 23.4 Å². The number of halogens is 3. The molecule has 1 amide bonds. The van der Waals surface area contributed by atoms with E-state index in [0.717, 1.165) is 22.5 Å². The molecule has 0 saturated carbocycles. The van der Waals surface area contributed by atoms with E-state index in [0.29, 0.717) is 24.3 Å². The second kappa shape index (κ2) is 8.81. The summed E-state index contributed by atoms with van der Waals surface area (Å²) in [5.41, 5.74) is 4.38. The number of hydrogen-bond acceptors (Lipinski definition) is 6. The van der Waals surface area contributed by atoms with E-state index in [4.69, 9.17) is 0 Å². The Morgan fingerprint density at radius 2 is 1.92 bits per heavy atom. The Labute approximate surface area is 204 Å². The lowest BCUT2D eigenvalue weighted by Gasteiger charge is -2.41. The van der Waals surface area contributed by atoms with Gasteiger partial charge in [-0.25, -0.2) is 0 Å². The number of carbonyl (C=O) groups is 1. The predicted octanol–water partition coefficient (Wildman–Crippen LogP) is 5.13. The summed E-state index contributed by atoms with van der Waals surface area (Å²) in [7, 11) is 1.81. The second-order valence-electron chi connectivity index (χ2n) is 8.84. The smallest absolute Gasteiger partial charge is 0.363 e. The minimum atomic E-state index is -4.97. The highest BCUT2D eigenvalue weighted by molar-refractivity contribution is 5.87. The van der Waals surface area contributed by atoms with Gasteiger partial charge in [0.2, 0.25) is 0 Å². The molecule has 2 atom stereocenters. The van der Waals surface area contributed by atoms with Gasteiger partial charge in [0.05, 0.1) is 28.0 Å². The van der Waals surface area contributed by atoms with E-state index in [2.05, 4.69) is 15.2 Å². The van der Waals surface area contributed by atoms with Gasteiger partial charge in [-0.15, -0.1) is 0 Å². The first kappa shape index (κ1) is 23.6. The summed E-state index contributed by atoms with van der Waals surface area (Å²) in [4.78, 5) is 31.2. The molecular weight excluding hydrogens is 475 g/mol. The van der Waals surface area contributed by atoms with E-state index in [1.165, 1.54) is 12.1 Å². The number of rotatable bonds is 3. The maximum Gasteiger partial charge on any atom is 0.471 e. The van der Waals surface area contributed by atoms with Gasteiger partial charge in [-0.3, -0.25) is 19.9 Å². The van der Waals surface area contributed by atoms with Crippen molar-refractivity contribution in [2.24, 2.45) is 0 Å². The quantitative estimate of drug-likeness (QED) is 0.399. The highest BCUT2D eigenvalue weighted by atomic mass is 19.4. The molecule has 2 aliphatic heterocycles. The summed E-state index contributed by atoms with van der Waals surface area (Å²) in [5.74, 6) is -1.96. The van der Waals surface area contributed by atoms with Crippen LogP contribution in [0, 0.1) is 10.1 Å². The number of piperidine rings is 1. The Balaban J connectivity index is 1.67. The Morgan fingerprint density at radius 1 is 1.11 bits per heavy atom. The van der Waals surface area contributed by atoms with Crippen LogP contribution in [0.15, 0.2) is 60.8 Å². The van der Waals surface area contributed by atoms with Gasteiger partial charge in [0.25, 0.3) is 5.69 Å². The monoisotopic (exact) mass is 497 g/mol. The number of amides is 1. The first-order valence-corrected chi connectivity index (χ1v) is 11.4. The summed E-state index contributed by atoms with van der Waals surface area (Å²) in [6.07, 6.45) is -2.79. The maximum absolute atomic E-state index is 13.0. The van der Waals surface area contributed by atoms with Crippen LogP contribution in [0.5, 0.6) is 0 Å². The number of nitro benzene ring substituents is 1. The van der Waals surface area contributed by atoms with Crippen molar-refractivity contribution in [3.63, 3.8) is 0 Å². The molecule has 11 heteroatoms. The maximum atomic E-state index is 13.0. The van der Waals surface area contributed by atoms with E-state index < -0.39 is 29.1 Å². The molecule has 0 radical (unpaired) electrons. The lowest BCUT2D eigenvalue weighted by atomic mass is 9.87. The molecule has 3 aromatic rings. The first-order valence-electron chi connectivity index (χ1n) is 11.4. The van der Waals surface area contributed by atoms with Crippen molar-refractivity contribution < 1.29 is 22.9 Å². The molecule has 0 spiro atoms. The molecule has 5 rings (SSSR count). The molecule has 1 fully saturated rings. The number of nitrogens with zero attached hydrogens (tertiary/aromatic N) is 4. The lowest BCUT2D eigenvalue weighted by Crippen LogP contribution is -2.49. The summed E-state index contributed by atoms with van der Waals surface area (Å²) in [5, 5.41) is 13.7. The van der Waals surface area contributed by atoms with Gasteiger partial charge in [-0.05, 0) is 37.1 Å². The molecule has 1 aromatic heterocycles. The second-order valence-corrected chi connectivity index (χ2v) is 8.84. The highest BCUT2D eigenvalue weighted by Gasteiger charge is 2.43. The van der Waals surface area contributed by atoms with Gasteiger partial charge in [0.1, 0.15) is 0 Å². The van der Waals surface area contributed by atoms with Crippen LogP contribution in [-0.4, -0.2) is 41.6 Å². The fourth-order valence-corrected chi connectivity index (χ4v) is 5.13. The van der Waals surface area contributed by atoms with Crippen LogP contribution in [0.3, 0.4) is 0 Å². The Kier molecular flexibility index (Phi) is 5.77. The average Bonchev–Trinajstić information content (AvgIpc) is 2.97. The van der Waals surface area contributed by atoms with Crippen molar-refractivity contribution in [2.45, 2.75) is 31.1 Å². The third kappa shape index (κ3) is 4.10. The topological polar surface area (TPSA) is 91.6 Å². The number of alkyl halides is 3. The fraction of sp³-hybridized carbons (Fsp3) is 0.280. The molecule has 0 aliphatic carbocycles. The zero-order chi connectivity index (χ0) is 25.6. The molecule has 36 heavy (non-hydrogen) atoms. The van der Waals surface area contributed by atoms with Crippen LogP contribution in [0.25, 0.3) is 11.3 Å². The van der Waals surface area contributed by atoms with Gasteiger partial charge in [0, 0.05) is 54.8 Å². The third-order valence-electron chi connectivity index (χ3n) is 6.75. The van der Waals surface area contributed by atoms with Gasteiger partial charge in [0.15, 0.2) is 0 Å². The Morgan fingerprint density at radius 3 is 2.61 bits per heavy atom. The molecule has 186 valence electrons. The van der Waals surface area contributed by atoms with Crippen LogP contribution < -0.4 is 15.1 Å². The summed E-state index contributed by atoms with van der Waals surface area (Å²) in [6.45, 7) is 0.349. The van der Waals surface area contributed by atoms with Crippen LogP contribution in [0.2, 0.25) is 0 Å². The van der Waals surface area contributed by atoms with E-state index in [-0.39, 0.29) is 12.1 Å². The zero-order valence-corrected chi connectivity index (χ0v) is 19.2. The number of nitrogens with one attached hydrogen (secondary N) is 1. The van der Waals surface area contributed by atoms with Gasteiger partial charge in [-0.1, -0.05) is 18.2 Å². The predicted molar refractivity (Wildman–Crippen MR) is 128 cm³/mol. The number of benzene rings is 2.